The van der Waals surface area contributed by atoms with Crippen molar-refractivity contribution in [3.8, 4) is 0 Å². The van der Waals surface area contributed by atoms with Gasteiger partial charge in [0.1, 0.15) is 11.6 Å². The number of carbonyl (C=O) groups is 1. The van der Waals surface area contributed by atoms with Gasteiger partial charge in [-0.3, -0.25) is 4.79 Å². The lowest BCUT2D eigenvalue weighted by Crippen LogP contribution is -2.37. The minimum absolute atomic E-state index is 0.0469. The molecule has 170 valence electrons. The van der Waals surface area contributed by atoms with E-state index in [0.29, 0.717) is 21.7 Å². The average molecular weight is 471 g/mol. The number of hydrogen-bond donors (Lipinski definition) is 1. The van der Waals surface area contributed by atoms with Gasteiger partial charge in [-0.1, -0.05) is 23.4 Å². The number of halogens is 4. The number of hydrogen-bond acceptors (Lipinski definition) is 5. The Kier molecular flexibility index (Phi) is 6.65. The van der Waals surface area contributed by atoms with Crippen molar-refractivity contribution in [2.24, 2.45) is 0 Å². The summed E-state index contributed by atoms with van der Waals surface area (Å²) in [6, 6.07) is 9.42. The lowest BCUT2D eigenvalue weighted by atomic mass is 10.2. The first-order valence-electron chi connectivity index (χ1n) is 9.10. The zero-order valence-electron chi connectivity index (χ0n) is 16.6. The predicted molar refractivity (Wildman–Crippen MR) is 105 cm³/mol. The SMILES string of the molecule is Cc1cc(NC(=O)CN(Cc2ccc(F)cc2)S(=O)(=O)c2cccc(C(F)(F)F)c2)no1. The second-order valence-corrected chi connectivity index (χ2v) is 8.73. The fourth-order valence-corrected chi connectivity index (χ4v) is 4.20. The Morgan fingerprint density at radius 3 is 2.41 bits per heavy atom. The van der Waals surface area contributed by atoms with E-state index in [1.165, 1.54) is 18.2 Å². The molecule has 1 heterocycles. The van der Waals surface area contributed by atoms with Crippen LogP contribution in [-0.4, -0.2) is 30.3 Å². The molecule has 0 saturated carbocycles. The molecule has 1 aromatic heterocycles. The first-order valence-corrected chi connectivity index (χ1v) is 10.5. The van der Waals surface area contributed by atoms with Crippen molar-refractivity contribution in [3.05, 3.63) is 77.3 Å². The van der Waals surface area contributed by atoms with Crippen LogP contribution in [0.5, 0.6) is 0 Å². The average Bonchev–Trinajstić information content (AvgIpc) is 3.13. The highest BCUT2D eigenvalue weighted by Gasteiger charge is 2.33. The maximum Gasteiger partial charge on any atom is 0.416 e. The Bertz CT molecular complexity index is 1210. The topological polar surface area (TPSA) is 92.5 Å². The molecular weight excluding hydrogens is 454 g/mol. The van der Waals surface area contributed by atoms with Gasteiger partial charge in [0.05, 0.1) is 17.0 Å². The fraction of sp³-hybridized carbons (Fsp3) is 0.200. The Morgan fingerprint density at radius 1 is 1.12 bits per heavy atom. The van der Waals surface area contributed by atoms with Gasteiger partial charge in [0.25, 0.3) is 0 Å². The van der Waals surface area contributed by atoms with Gasteiger partial charge >= 0.3 is 6.18 Å². The van der Waals surface area contributed by atoms with E-state index in [-0.39, 0.29) is 12.4 Å². The van der Waals surface area contributed by atoms with Crippen LogP contribution in [0.2, 0.25) is 0 Å². The number of sulfonamides is 1. The quantitative estimate of drug-likeness (QED) is 0.527. The summed E-state index contributed by atoms with van der Waals surface area (Å²) in [4.78, 5) is 11.8. The molecule has 0 spiro atoms. The van der Waals surface area contributed by atoms with Gasteiger partial charge < -0.3 is 9.84 Å². The van der Waals surface area contributed by atoms with Crippen LogP contribution < -0.4 is 5.32 Å². The highest BCUT2D eigenvalue weighted by molar-refractivity contribution is 7.89. The summed E-state index contributed by atoms with van der Waals surface area (Å²) >= 11 is 0. The molecule has 7 nitrogen and oxygen atoms in total. The van der Waals surface area contributed by atoms with Crippen LogP contribution in [0.25, 0.3) is 0 Å². The number of benzene rings is 2. The Hall–Kier alpha value is -3.25. The highest BCUT2D eigenvalue weighted by atomic mass is 32.2. The summed E-state index contributed by atoms with van der Waals surface area (Å²) in [6.07, 6.45) is -4.75. The standard InChI is InChI=1S/C20H17F4N3O4S/c1-13-9-18(26-31-13)25-19(28)12-27(11-14-5-7-16(21)8-6-14)32(29,30)17-4-2-3-15(10-17)20(22,23)24/h2-10H,11-12H2,1H3,(H,25,26,28). The van der Waals surface area contributed by atoms with Crippen LogP contribution >= 0.6 is 0 Å². The molecular formula is C20H17F4N3O4S. The van der Waals surface area contributed by atoms with E-state index >= 15 is 0 Å². The van der Waals surface area contributed by atoms with Gasteiger partial charge in [-0.2, -0.15) is 17.5 Å². The summed E-state index contributed by atoms with van der Waals surface area (Å²) in [5.74, 6) is -0.901. The number of aromatic nitrogens is 1. The van der Waals surface area contributed by atoms with Gasteiger partial charge in [-0.25, -0.2) is 12.8 Å². The molecule has 0 aliphatic carbocycles. The van der Waals surface area contributed by atoms with Gasteiger partial charge in [0.15, 0.2) is 5.82 Å². The van der Waals surface area contributed by atoms with Gasteiger partial charge in [0, 0.05) is 12.6 Å². The molecule has 1 amide bonds. The number of alkyl halides is 3. The minimum Gasteiger partial charge on any atom is -0.360 e. The van der Waals surface area contributed by atoms with E-state index < -0.39 is 44.9 Å². The normalized spacial score (nSPS) is 12.2. The van der Waals surface area contributed by atoms with Crippen LogP contribution in [0.4, 0.5) is 23.4 Å². The van der Waals surface area contributed by atoms with E-state index in [1.54, 1.807) is 6.92 Å². The van der Waals surface area contributed by atoms with Crippen LogP contribution in [0.15, 0.2) is 64.0 Å². The smallest absolute Gasteiger partial charge is 0.360 e. The van der Waals surface area contributed by atoms with Crippen molar-refractivity contribution in [2.45, 2.75) is 24.5 Å². The van der Waals surface area contributed by atoms with Crippen LogP contribution in [0.1, 0.15) is 16.9 Å². The number of anilines is 1. The van der Waals surface area contributed by atoms with Crippen molar-refractivity contribution in [1.29, 1.82) is 0 Å². The number of aryl methyl sites for hydroxylation is 1. The molecule has 0 aliphatic rings. The zero-order valence-corrected chi connectivity index (χ0v) is 17.4. The van der Waals surface area contributed by atoms with Crippen molar-refractivity contribution >= 4 is 21.7 Å². The molecule has 3 aromatic rings. The maximum atomic E-state index is 13.2. The second kappa shape index (κ2) is 9.09. The molecule has 3 rings (SSSR count). The Labute approximate surface area is 180 Å². The van der Waals surface area contributed by atoms with E-state index in [2.05, 4.69) is 10.5 Å². The molecule has 0 saturated heterocycles. The molecule has 1 N–H and O–H groups in total. The molecule has 0 bridgehead atoms. The number of nitrogens with zero attached hydrogens (tertiary/aromatic N) is 2. The van der Waals surface area contributed by atoms with Crippen molar-refractivity contribution in [1.82, 2.24) is 9.46 Å². The third-order valence-electron chi connectivity index (χ3n) is 4.29. The highest BCUT2D eigenvalue weighted by Crippen LogP contribution is 2.31. The molecule has 2 aromatic carbocycles. The van der Waals surface area contributed by atoms with E-state index in [0.717, 1.165) is 30.3 Å². The third kappa shape index (κ3) is 5.71. The number of nitrogens with one attached hydrogen (secondary N) is 1. The van der Waals surface area contributed by atoms with E-state index in [1.807, 2.05) is 0 Å². The molecule has 0 aliphatic heterocycles. The summed E-state index contributed by atoms with van der Waals surface area (Å²) in [7, 11) is -4.54. The fourth-order valence-electron chi connectivity index (χ4n) is 2.77. The summed E-state index contributed by atoms with van der Waals surface area (Å²) in [5.41, 5.74) is -0.824. The number of amides is 1. The lowest BCUT2D eigenvalue weighted by Gasteiger charge is -2.22. The van der Waals surface area contributed by atoms with Crippen LogP contribution in [0.3, 0.4) is 0 Å². The first kappa shape index (κ1) is 23.4. The van der Waals surface area contributed by atoms with Crippen LogP contribution in [0, 0.1) is 12.7 Å². The Morgan fingerprint density at radius 2 is 1.81 bits per heavy atom. The van der Waals surface area contributed by atoms with Gasteiger partial charge in [0.2, 0.25) is 15.9 Å². The van der Waals surface area contributed by atoms with Gasteiger partial charge in [-0.05, 0) is 42.8 Å². The molecule has 0 radical (unpaired) electrons. The monoisotopic (exact) mass is 471 g/mol. The summed E-state index contributed by atoms with van der Waals surface area (Å²) < 4.78 is 84.2. The summed E-state index contributed by atoms with van der Waals surface area (Å²) in [5, 5.41) is 5.93. The molecule has 0 atom stereocenters. The summed E-state index contributed by atoms with van der Waals surface area (Å²) in [6.45, 7) is 0.466. The second-order valence-electron chi connectivity index (χ2n) is 6.80. The van der Waals surface area contributed by atoms with Crippen molar-refractivity contribution in [3.63, 3.8) is 0 Å². The van der Waals surface area contributed by atoms with Gasteiger partial charge in [-0.15, -0.1) is 0 Å². The zero-order chi connectivity index (χ0) is 23.5. The third-order valence-corrected chi connectivity index (χ3v) is 6.07. The Balaban J connectivity index is 1.93. The largest absolute Gasteiger partial charge is 0.416 e. The first-order chi connectivity index (χ1) is 14.9. The lowest BCUT2D eigenvalue weighted by molar-refractivity contribution is -0.137. The molecule has 0 unspecified atom stereocenters. The molecule has 32 heavy (non-hydrogen) atoms. The predicted octanol–water partition coefficient (Wildman–Crippen LogP) is 3.97. The van der Waals surface area contributed by atoms with Crippen LogP contribution in [-0.2, 0) is 27.5 Å². The van der Waals surface area contributed by atoms with Crippen molar-refractivity contribution < 1.29 is 35.3 Å². The number of rotatable bonds is 7. The molecule has 12 heteroatoms. The minimum atomic E-state index is -4.75. The van der Waals surface area contributed by atoms with Crippen molar-refractivity contribution in [2.75, 3.05) is 11.9 Å². The van der Waals surface area contributed by atoms with E-state index in [9.17, 15) is 30.8 Å². The maximum absolute atomic E-state index is 13.2. The number of carbonyl (C=O) groups excluding carboxylic acids is 1. The van der Waals surface area contributed by atoms with E-state index in [4.69, 9.17) is 4.52 Å². The molecule has 0 fully saturated rings.